The number of carbonyl (C=O) groups is 1. The minimum atomic E-state index is -0.0958. The Kier molecular flexibility index (Phi) is 5.82. The molecule has 0 spiro atoms. The normalized spacial score (nSPS) is 19.3. The summed E-state index contributed by atoms with van der Waals surface area (Å²) in [6.45, 7) is 5.07. The molecule has 9 heteroatoms. The molecule has 0 aliphatic carbocycles. The fourth-order valence-electron chi connectivity index (χ4n) is 6.09. The van der Waals surface area contributed by atoms with E-state index in [4.69, 9.17) is 14.7 Å². The largest absolute Gasteiger partial charge is 0.381 e. The van der Waals surface area contributed by atoms with Gasteiger partial charge in [0.1, 0.15) is 11.5 Å². The number of rotatable bonds is 6. The number of likely N-dealkylation sites (tertiary alicyclic amines) is 1. The molecule has 1 atom stereocenters. The summed E-state index contributed by atoms with van der Waals surface area (Å²) in [5.74, 6) is 1.02. The number of ether oxygens (including phenoxy) is 1. The predicted octanol–water partition coefficient (Wildman–Crippen LogP) is 4.12. The Balaban J connectivity index is 1.26. The van der Waals surface area contributed by atoms with E-state index in [1.807, 2.05) is 36.0 Å². The minimum absolute atomic E-state index is 0.0958. The van der Waals surface area contributed by atoms with Gasteiger partial charge in [0.05, 0.1) is 35.4 Å². The van der Waals surface area contributed by atoms with Crippen molar-refractivity contribution in [2.45, 2.75) is 38.3 Å². The molecule has 9 nitrogen and oxygen atoms in total. The van der Waals surface area contributed by atoms with Crippen LogP contribution in [0.25, 0.3) is 22.3 Å². The number of fused-ring (bicyclic) bond motifs is 2. The molecule has 2 fully saturated rings. The van der Waals surface area contributed by atoms with Crippen LogP contribution in [0.4, 0.5) is 11.5 Å². The number of hydrogen-bond acceptors (Lipinski definition) is 7. The van der Waals surface area contributed by atoms with Gasteiger partial charge in [-0.1, -0.05) is 6.07 Å². The van der Waals surface area contributed by atoms with Gasteiger partial charge in [-0.2, -0.15) is 0 Å². The third kappa shape index (κ3) is 4.02. The van der Waals surface area contributed by atoms with Gasteiger partial charge in [-0.3, -0.25) is 14.7 Å². The Morgan fingerprint density at radius 3 is 2.89 bits per heavy atom. The highest BCUT2D eigenvalue weighted by atomic mass is 16.5. The molecule has 7 heterocycles. The van der Waals surface area contributed by atoms with Gasteiger partial charge in [0.25, 0.3) is 5.91 Å². The van der Waals surface area contributed by atoms with E-state index in [9.17, 15) is 4.79 Å². The number of nitrogens with one attached hydrogen (secondary N) is 2. The maximum Gasteiger partial charge on any atom is 0.254 e. The van der Waals surface area contributed by atoms with Crippen molar-refractivity contribution in [1.82, 2.24) is 29.7 Å². The number of hydrogen-bond donors (Lipinski definition) is 2. The molecule has 0 saturated carbocycles. The molecule has 3 aliphatic rings. The first-order valence-corrected chi connectivity index (χ1v) is 13.4. The summed E-state index contributed by atoms with van der Waals surface area (Å²) in [5.41, 5.74) is 7.25. The summed E-state index contributed by atoms with van der Waals surface area (Å²) >= 11 is 0. The Morgan fingerprint density at radius 2 is 2.05 bits per heavy atom. The Labute approximate surface area is 221 Å². The SMILES string of the molecule is Cn1ccc2c(-c3ncc(Nc4ccc(C5CCOC5)c(CN5CCCC5)n4)c4c3CNC4=O)ccnc21. The van der Waals surface area contributed by atoms with Gasteiger partial charge in [-0.25, -0.2) is 9.97 Å². The fourth-order valence-corrected chi connectivity index (χ4v) is 6.09. The minimum Gasteiger partial charge on any atom is -0.381 e. The van der Waals surface area contributed by atoms with Gasteiger partial charge in [0.2, 0.25) is 0 Å². The lowest BCUT2D eigenvalue weighted by atomic mass is 9.96. The third-order valence-corrected chi connectivity index (χ3v) is 8.07. The van der Waals surface area contributed by atoms with Gasteiger partial charge in [-0.05, 0) is 56.1 Å². The average molecular weight is 510 g/mol. The van der Waals surface area contributed by atoms with Crippen molar-refractivity contribution in [1.29, 1.82) is 0 Å². The van der Waals surface area contributed by atoms with E-state index in [0.29, 0.717) is 23.7 Å². The number of anilines is 2. The van der Waals surface area contributed by atoms with Crippen molar-refractivity contribution in [2.24, 2.45) is 7.05 Å². The van der Waals surface area contributed by atoms with Crippen molar-refractivity contribution in [3.8, 4) is 11.3 Å². The molecule has 1 amide bonds. The van der Waals surface area contributed by atoms with Crippen LogP contribution in [0, 0.1) is 0 Å². The standard InChI is InChI=1S/C29H31N7O2/c1-35-12-7-21-20(6-9-30-28(21)35)27-22-14-32-29(37)26(22)23(15-31-27)33-25-5-4-19(18-8-13-38-17-18)24(34-25)16-36-10-2-3-11-36/h4-7,9,12,15,18H,2-3,8,10-11,13-14,16-17H2,1H3,(H,32,37)(H,33,34). The zero-order chi connectivity index (χ0) is 25.6. The highest BCUT2D eigenvalue weighted by molar-refractivity contribution is 6.06. The van der Waals surface area contributed by atoms with Crippen LogP contribution in [0.3, 0.4) is 0 Å². The van der Waals surface area contributed by atoms with Gasteiger partial charge in [0, 0.05) is 61.6 Å². The number of aromatic nitrogens is 4. The summed E-state index contributed by atoms with van der Waals surface area (Å²) < 4.78 is 7.68. The molecule has 1 unspecified atom stereocenters. The van der Waals surface area contributed by atoms with Crippen LogP contribution in [0.5, 0.6) is 0 Å². The average Bonchev–Trinajstić information content (AvgIpc) is 3.74. The van der Waals surface area contributed by atoms with E-state index < -0.39 is 0 Å². The summed E-state index contributed by atoms with van der Waals surface area (Å²) in [6, 6.07) is 8.22. The molecule has 7 rings (SSSR count). The summed E-state index contributed by atoms with van der Waals surface area (Å²) in [6.07, 6.45) is 9.06. The van der Waals surface area contributed by atoms with Crippen LogP contribution in [0.2, 0.25) is 0 Å². The van der Waals surface area contributed by atoms with Gasteiger partial charge < -0.3 is 19.9 Å². The Hall–Kier alpha value is -3.82. The predicted molar refractivity (Wildman–Crippen MR) is 145 cm³/mol. The van der Waals surface area contributed by atoms with Crippen molar-refractivity contribution in [3.63, 3.8) is 0 Å². The lowest BCUT2D eigenvalue weighted by molar-refractivity contribution is 0.0966. The van der Waals surface area contributed by atoms with E-state index in [1.165, 1.54) is 18.4 Å². The van der Waals surface area contributed by atoms with Crippen molar-refractivity contribution in [3.05, 3.63) is 65.2 Å². The first kappa shape index (κ1) is 23.3. The number of carbonyl (C=O) groups excluding carboxylic acids is 1. The molecule has 0 radical (unpaired) electrons. The van der Waals surface area contributed by atoms with Crippen LogP contribution >= 0.6 is 0 Å². The second-order valence-corrected chi connectivity index (χ2v) is 10.5. The topological polar surface area (TPSA) is 97.2 Å². The van der Waals surface area contributed by atoms with Crippen molar-refractivity contribution in [2.75, 3.05) is 31.6 Å². The lowest BCUT2D eigenvalue weighted by Crippen LogP contribution is -2.21. The van der Waals surface area contributed by atoms with Crippen molar-refractivity contribution >= 4 is 28.4 Å². The van der Waals surface area contributed by atoms with Crippen LogP contribution in [-0.2, 0) is 24.9 Å². The number of pyridine rings is 3. The smallest absolute Gasteiger partial charge is 0.254 e. The number of nitrogens with zero attached hydrogens (tertiary/aromatic N) is 5. The molecule has 2 saturated heterocycles. The van der Waals surface area contributed by atoms with E-state index in [-0.39, 0.29) is 5.91 Å². The Morgan fingerprint density at radius 1 is 1.16 bits per heavy atom. The van der Waals surface area contributed by atoms with Gasteiger partial charge in [0.15, 0.2) is 0 Å². The van der Waals surface area contributed by atoms with Gasteiger partial charge >= 0.3 is 0 Å². The molecular formula is C29H31N7O2. The summed E-state index contributed by atoms with van der Waals surface area (Å²) in [7, 11) is 1.98. The van der Waals surface area contributed by atoms with Crippen LogP contribution in [0.1, 0.15) is 52.4 Å². The molecule has 2 N–H and O–H groups in total. The zero-order valence-electron chi connectivity index (χ0n) is 21.5. The first-order chi connectivity index (χ1) is 18.7. The maximum absolute atomic E-state index is 13.0. The zero-order valence-corrected chi connectivity index (χ0v) is 21.5. The monoisotopic (exact) mass is 509 g/mol. The first-order valence-electron chi connectivity index (χ1n) is 13.4. The van der Waals surface area contributed by atoms with Gasteiger partial charge in [-0.15, -0.1) is 0 Å². The third-order valence-electron chi connectivity index (χ3n) is 8.07. The quantitative estimate of drug-likeness (QED) is 0.404. The number of amides is 1. The van der Waals surface area contributed by atoms with E-state index in [2.05, 4.69) is 26.6 Å². The molecule has 4 aromatic rings. The van der Waals surface area contributed by atoms with Crippen LogP contribution in [0.15, 0.2) is 42.9 Å². The lowest BCUT2D eigenvalue weighted by Gasteiger charge is -2.20. The van der Waals surface area contributed by atoms with E-state index in [0.717, 1.165) is 78.6 Å². The second-order valence-electron chi connectivity index (χ2n) is 10.5. The maximum atomic E-state index is 13.0. The van der Waals surface area contributed by atoms with Crippen LogP contribution < -0.4 is 10.6 Å². The fraction of sp³-hybridized carbons (Fsp3) is 0.379. The molecule has 4 aromatic heterocycles. The van der Waals surface area contributed by atoms with Crippen molar-refractivity contribution < 1.29 is 9.53 Å². The number of aryl methyl sites for hydroxylation is 1. The highest BCUT2D eigenvalue weighted by Crippen LogP contribution is 2.36. The van der Waals surface area contributed by atoms with E-state index >= 15 is 0 Å². The molecule has 194 valence electrons. The molecule has 38 heavy (non-hydrogen) atoms. The Bertz CT molecular complexity index is 1530. The van der Waals surface area contributed by atoms with Crippen LogP contribution in [-0.4, -0.2) is 56.6 Å². The molecule has 0 bridgehead atoms. The van der Waals surface area contributed by atoms with E-state index in [1.54, 1.807) is 12.4 Å². The second kappa shape index (κ2) is 9.49. The molecule has 0 aromatic carbocycles. The summed E-state index contributed by atoms with van der Waals surface area (Å²) in [5, 5.41) is 7.45. The highest BCUT2D eigenvalue weighted by Gasteiger charge is 2.29. The molecular weight excluding hydrogens is 478 g/mol. The molecule has 3 aliphatic heterocycles. The summed E-state index contributed by atoms with van der Waals surface area (Å²) in [4.78, 5) is 29.9.